The second-order valence-electron chi connectivity index (χ2n) is 3.47. The molecule has 0 heterocycles. The Hall–Kier alpha value is -1.73. The van der Waals surface area contributed by atoms with Gasteiger partial charge in [0.1, 0.15) is 5.60 Å². The first-order valence-electron chi connectivity index (χ1n) is 3.70. The summed E-state index contributed by atoms with van der Waals surface area (Å²) < 4.78 is 4.80. The molecule has 14 heavy (non-hydrogen) atoms. The molecule has 0 saturated heterocycles. The molecule has 0 fully saturated rings. The van der Waals surface area contributed by atoms with Gasteiger partial charge in [0, 0.05) is 0 Å². The summed E-state index contributed by atoms with van der Waals surface area (Å²) in [7, 11) is 0. The number of hydrogen-bond donors (Lipinski definition) is 3. The lowest BCUT2D eigenvalue weighted by Crippen LogP contribution is -2.38. The predicted molar refractivity (Wildman–Crippen MR) is 44.0 cm³/mol. The highest BCUT2D eigenvalue weighted by Crippen LogP contribution is 2.20. The third kappa shape index (κ3) is 2.64. The molecule has 0 aromatic rings. The second kappa shape index (κ2) is 3.99. The van der Waals surface area contributed by atoms with Crippen molar-refractivity contribution >= 4 is 5.97 Å². The molecule has 0 aliphatic rings. The van der Waals surface area contributed by atoms with Crippen LogP contribution >= 0.6 is 0 Å². The highest BCUT2D eigenvalue weighted by atomic mass is 16.6. The van der Waals surface area contributed by atoms with Crippen LogP contribution in [0.3, 0.4) is 0 Å². The first-order valence-corrected chi connectivity index (χ1v) is 3.70. The molecule has 0 spiro atoms. The van der Waals surface area contributed by atoms with Gasteiger partial charge in [-0.1, -0.05) is 0 Å². The zero-order valence-electron chi connectivity index (χ0n) is 8.16. The first kappa shape index (κ1) is 12.3. The topological polar surface area (TPSA) is 135 Å². The average Bonchev–Trinajstić information content (AvgIpc) is 2.05. The Morgan fingerprint density at radius 2 is 1.43 bits per heavy atom. The maximum absolute atomic E-state index is 11.3. The van der Waals surface area contributed by atoms with Gasteiger partial charge in [-0.15, -0.1) is 15.3 Å². The van der Waals surface area contributed by atoms with Crippen molar-refractivity contribution in [3.8, 4) is 0 Å². The number of esters is 1. The van der Waals surface area contributed by atoms with Crippen LogP contribution in [-0.4, -0.2) is 17.4 Å². The van der Waals surface area contributed by atoms with E-state index in [9.17, 15) is 4.79 Å². The van der Waals surface area contributed by atoms with Gasteiger partial charge in [0.05, 0.1) is 0 Å². The van der Waals surface area contributed by atoms with E-state index in [1.807, 2.05) is 0 Å². The smallest absolute Gasteiger partial charge is 0.396 e. The van der Waals surface area contributed by atoms with Gasteiger partial charge in [-0.3, -0.25) is 0 Å². The van der Waals surface area contributed by atoms with Crippen molar-refractivity contribution in [2.24, 2.45) is 15.3 Å². The minimum Gasteiger partial charge on any atom is -0.455 e. The molecule has 0 radical (unpaired) electrons. The third-order valence-electron chi connectivity index (χ3n) is 1.14. The minimum absolute atomic E-state index is 0.803. The van der Waals surface area contributed by atoms with Gasteiger partial charge in [-0.05, 0) is 20.8 Å². The second-order valence-corrected chi connectivity index (χ2v) is 3.47. The molecule has 0 unspecified atom stereocenters. The molecular formula is C6H12N6O2. The van der Waals surface area contributed by atoms with Crippen LogP contribution in [0.5, 0.6) is 0 Å². The fourth-order valence-corrected chi connectivity index (χ4v) is 0.558. The lowest BCUT2D eigenvalue weighted by molar-refractivity contribution is -0.162. The van der Waals surface area contributed by atoms with Crippen molar-refractivity contribution in [3.63, 3.8) is 0 Å². The van der Waals surface area contributed by atoms with Crippen molar-refractivity contribution in [2.45, 2.75) is 32.2 Å². The molecular weight excluding hydrogens is 188 g/mol. The van der Waals surface area contributed by atoms with Gasteiger partial charge in [-0.25, -0.2) is 21.4 Å². The first-order chi connectivity index (χ1) is 6.31. The van der Waals surface area contributed by atoms with Gasteiger partial charge in [0.2, 0.25) is 0 Å². The predicted octanol–water partition coefficient (Wildman–Crippen LogP) is 2.07. The molecule has 0 aliphatic heterocycles. The Morgan fingerprint density at radius 3 is 1.64 bits per heavy atom. The summed E-state index contributed by atoms with van der Waals surface area (Å²) in [6, 6.07) is 0. The minimum atomic E-state index is -2.40. The van der Waals surface area contributed by atoms with E-state index in [0.29, 0.717) is 0 Å². The molecule has 78 valence electrons. The van der Waals surface area contributed by atoms with Crippen LogP contribution in [-0.2, 0) is 9.53 Å². The molecule has 0 aromatic carbocycles. The summed E-state index contributed by atoms with van der Waals surface area (Å²) in [5.41, 5.74) is 19.1. The summed E-state index contributed by atoms with van der Waals surface area (Å²) in [5.74, 6) is -3.50. The van der Waals surface area contributed by atoms with Crippen LogP contribution in [0, 0.1) is 16.6 Å². The van der Waals surface area contributed by atoms with Crippen LogP contribution in [0.15, 0.2) is 15.3 Å². The normalized spacial score (nSPS) is 15.1. The van der Waals surface area contributed by atoms with E-state index in [1.54, 1.807) is 20.8 Å². The molecule has 0 atom stereocenters. The molecule has 8 nitrogen and oxygen atoms in total. The number of ether oxygens (including phenoxy) is 1. The van der Waals surface area contributed by atoms with Crippen LogP contribution in [0.2, 0.25) is 0 Å². The quantitative estimate of drug-likeness (QED) is 0.473. The van der Waals surface area contributed by atoms with E-state index in [1.165, 1.54) is 0 Å². The van der Waals surface area contributed by atoms with Crippen molar-refractivity contribution in [3.05, 3.63) is 0 Å². The highest BCUT2D eigenvalue weighted by molar-refractivity contribution is 5.80. The van der Waals surface area contributed by atoms with Crippen molar-refractivity contribution in [1.29, 1.82) is 16.6 Å². The number of carbonyl (C=O) groups is 1. The highest BCUT2D eigenvalue weighted by Gasteiger charge is 2.42. The van der Waals surface area contributed by atoms with E-state index in [0.717, 1.165) is 0 Å². The number of rotatable bonds is 4. The largest absolute Gasteiger partial charge is 0.455 e. The van der Waals surface area contributed by atoms with E-state index in [2.05, 4.69) is 15.3 Å². The molecule has 0 bridgehead atoms. The van der Waals surface area contributed by atoms with Crippen LogP contribution in [0.25, 0.3) is 0 Å². The summed E-state index contributed by atoms with van der Waals surface area (Å²) in [4.78, 5) is 11.3. The molecule has 0 saturated carbocycles. The molecule has 0 aromatic heterocycles. The summed E-state index contributed by atoms with van der Waals surface area (Å²) >= 11 is 0. The van der Waals surface area contributed by atoms with E-state index < -0.39 is 17.4 Å². The third-order valence-corrected chi connectivity index (χ3v) is 1.14. The molecule has 0 rings (SSSR count). The van der Waals surface area contributed by atoms with Gasteiger partial charge >= 0.3 is 11.8 Å². The Kier molecular flexibility index (Phi) is 3.49. The van der Waals surface area contributed by atoms with Gasteiger partial charge in [0.25, 0.3) is 0 Å². The van der Waals surface area contributed by atoms with Crippen molar-refractivity contribution < 1.29 is 9.53 Å². The van der Waals surface area contributed by atoms with Gasteiger partial charge in [0.15, 0.2) is 0 Å². The fraction of sp³-hybridized carbons (Fsp3) is 0.833. The summed E-state index contributed by atoms with van der Waals surface area (Å²) in [6.45, 7) is 4.81. The van der Waals surface area contributed by atoms with Crippen LogP contribution in [0.4, 0.5) is 0 Å². The SMILES string of the molecule is CC(C)(C)OC(=O)C(N=N)(N=N)N=N. The molecule has 0 amide bonds. The zero-order chi connectivity index (χ0) is 11.4. The summed E-state index contributed by atoms with van der Waals surface area (Å²) in [6.07, 6.45) is 0. The maximum atomic E-state index is 11.3. The van der Waals surface area contributed by atoms with Crippen molar-refractivity contribution in [1.82, 2.24) is 0 Å². The number of nitrogens with zero attached hydrogens (tertiary/aromatic N) is 3. The van der Waals surface area contributed by atoms with E-state index >= 15 is 0 Å². The monoisotopic (exact) mass is 200 g/mol. The number of hydrogen-bond acceptors (Lipinski definition) is 8. The van der Waals surface area contributed by atoms with Crippen molar-refractivity contribution in [2.75, 3.05) is 0 Å². The van der Waals surface area contributed by atoms with Gasteiger partial charge in [-0.2, -0.15) is 0 Å². The Morgan fingerprint density at radius 1 is 1.07 bits per heavy atom. The number of carbonyl (C=O) groups excluding carboxylic acids is 1. The Bertz CT molecular complexity index is 246. The fourth-order valence-electron chi connectivity index (χ4n) is 0.558. The molecule has 8 heteroatoms. The Balaban J connectivity index is 4.88. The Labute approximate surface area is 80.5 Å². The zero-order valence-corrected chi connectivity index (χ0v) is 8.16. The average molecular weight is 200 g/mol. The standard InChI is InChI=1S/C6H12N6O2/c1-5(2,3)14-4(13)6(10-7,11-8)12-9/h7-9H,1-3H3. The lowest BCUT2D eigenvalue weighted by Gasteiger charge is -2.22. The van der Waals surface area contributed by atoms with E-state index in [-0.39, 0.29) is 0 Å². The molecule has 3 N–H and O–H groups in total. The van der Waals surface area contributed by atoms with Gasteiger partial charge < -0.3 is 4.74 Å². The lowest BCUT2D eigenvalue weighted by atomic mass is 10.2. The molecule has 0 aliphatic carbocycles. The van der Waals surface area contributed by atoms with Crippen LogP contribution < -0.4 is 0 Å². The van der Waals surface area contributed by atoms with E-state index in [4.69, 9.17) is 21.3 Å². The van der Waals surface area contributed by atoms with Crippen LogP contribution in [0.1, 0.15) is 20.8 Å². The number of nitrogens with one attached hydrogen (secondary N) is 3. The maximum Gasteiger partial charge on any atom is 0.396 e. The summed E-state index contributed by atoms with van der Waals surface area (Å²) in [5, 5.41) is 8.12.